The van der Waals surface area contributed by atoms with Gasteiger partial charge in [-0.05, 0) is 13.0 Å². The number of aliphatic hydroxyl groups excluding tert-OH is 1. The minimum Gasteiger partial charge on any atom is -0.390 e. The van der Waals surface area contributed by atoms with E-state index in [1.165, 1.54) is 12.3 Å². The average molecular weight is 329 g/mol. The largest absolute Gasteiger partial charge is 0.390 e. The molecule has 1 aliphatic heterocycles. The van der Waals surface area contributed by atoms with Crippen molar-refractivity contribution in [1.29, 1.82) is 5.26 Å². The van der Waals surface area contributed by atoms with Gasteiger partial charge in [0.15, 0.2) is 5.82 Å². The number of aliphatic hydroxyl groups is 1. The number of hydrogen-bond donors (Lipinski definition) is 3. The molecule has 1 amide bonds. The molecule has 2 aromatic rings. The smallest absolute Gasteiger partial charge is 0.270 e. The summed E-state index contributed by atoms with van der Waals surface area (Å²) in [7, 11) is 0. The van der Waals surface area contributed by atoms with Crippen molar-refractivity contribution in [3.63, 3.8) is 0 Å². The average Bonchev–Trinajstić information content (AvgIpc) is 3.14. The number of nitrogens with zero attached hydrogens (tertiary/aromatic N) is 5. The van der Waals surface area contributed by atoms with Gasteiger partial charge in [-0.2, -0.15) is 10.4 Å². The second-order valence-electron chi connectivity index (χ2n) is 5.89. The minimum atomic E-state index is -0.651. The molecule has 24 heavy (non-hydrogen) atoms. The third-order valence-electron chi connectivity index (χ3n) is 3.92. The Morgan fingerprint density at radius 2 is 2.33 bits per heavy atom. The summed E-state index contributed by atoms with van der Waals surface area (Å²) in [4.78, 5) is 23.2. The molecule has 1 saturated heterocycles. The van der Waals surface area contributed by atoms with E-state index in [9.17, 15) is 9.90 Å². The molecule has 0 unspecified atom stereocenters. The number of aromatic nitrogens is 4. The highest BCUT2D eigenvalue weighted by atomic mass is 16.3. The molecule has 3 heterocycles. The van der Waals surface area contributed by atoms with Gasteiger partial charge in [0.1, 0.15) is 17.6 Å². The lowest BCUT2D eigenvalue weighted by Crippen LogP contribution is -2.37. The number of carbonyl (C=O) groups is 1. The number of hydrogen-bond acceptors (Lipinski definition) is 6. The van der Waals surface area contributed by atoms with E-state index in [1.807, 2.05) is 17.9 Å². The molecule has 9 heteroatoms. The monoisotopic (exact) mass is 329 g/mol. The molecule has 0 spiro atoms. The van der Waals surface area contributed by atoms with Crippen LogP contribution in [0.4, 0.5) is 0 Å². The highest BCUT2D eigenvalue weighted by Crippen LogP contribution is 2.11. The fourth-order valence-corrected chi connectivity index (χ4v) is 2.80. The minimum absolute atomic E-state index is 0.217. The predicted molar refractivity (Wildman–Crippen MR) is 83.8 cm³/mol. The Labute approximate surface area is 138 Å². The molecule has 3 N–H and O–H groups in total. The van der Waals surface area contributed by atoms with Gasteiger partial charge in [0.2, 0.25) is 0 Å². The number of carbonyl (C=O) groups excluding carboxylic acids is 1. The van der Waals surface area contributed by atoms with Crippen LogP contribution >= 0.6 is 0 Å². The van der Waals surface area contributed by atoms with Gasteiger partial charge in [-0.25, -0.2) is 4.98 Å². The number of aryl methyl sites for hydroxylation is 1. The Balaban J connectivity index is 1.65. The van der Waals surface area contributed by atoms with E-state index in [2.05, 4.69) is 20.2 Å². The fraction of sp³-hybridized carbons (Fsp3) is 0.467. The molecular weight excluding hydrogens is 310 g/mol. The van der Waals surface area contributed by atoms with Gasteiger partial charge in [-0.1, -0.05) is 0 Å². The number of amides is 1. The van der Waals surface area contributed by atoms with E-state index in [0.717, 1.165) is 5.82 Å². The van der Waals surface area contributed by atoms with Crippen molar-refractivity contribution >= 4 is 5.91 Å². The number of β-amino-alcohol motifs (C(OH)–C–C–N with tert-alkyl or cyclic N) is 1. The number of H-pyrrole nitrogens is 2. The highest BCUT2D eigenvalue weighted by molar-refractivity contribution is 5.93. The van der Waals surface area contributed by atoms with Gasteiger partial charge in [-0.15, -0.1) is 0 Å². The van der Waals surface area contributed by atoms with Crippen molar-refractivity contribution in [3.8, 4) is 6.07 Å². The molecule has 0 saturated carbocycles. The second-order valence-corrected chi connectivity index (χ2v) is 5.89. The van der Waals surface area contributed by atoms with Crippen LogP contribution in [0.1, 0.15) is 27.7 Å². The summed E-state index contributed by atoms with van der Waals surface area (Å²) in [5, 5.41) is 26.0. The Morgan fingerprint density at radius 3 is 3.00 bits per heavy atom. The first kappa shape index (κ1) is 16.2. The lowest BCUT2D eigenvalue weighted by Gasteiger charge is -2.21. The molecule has 1 fully saturated rings. The zero-order chi connectivity index (χ0) is 17.1. The van der Waals surface area contributed by atoms with Gasteiger partial charge in [-0.3, -0.25) is 14.8 Å². The highest BCUT2D eigenvalue weighted by Gasteiger charge is 2.26. The molecule has 0 radical (unpaired) electrons. The van der Waals surface area contributed by atoms with E-state index in [-0.39, 0.29) is 12.5 Å². The lowest BCUT2D eigenvalue weighted by molar-refractivity contribution is 0.0658. The SMILES string of the molecule is Cc1nc(CN2CCN(C(=O)c3cc(C#N)c[nH]3)C[C@@H](O)C2)n[nH]1. The van der Waals surface area contributed by atoms with Crippen molar-refractivity contribution in [2.75, 3.05) is 26.2 Å². The zero-order valence-electron chi connectivity index (χ0n) is 13.4. The Bertz CT molecular complexity index is 760. The Morgan fingerprint density at radius 1 is 1.50 bits per heavy atom. The van der Waals surface area contributed by atoms with Gasteiger partial charge >= 0.3 is 0 Å². The van der Waals surface area contributed by atoms with Crippen LogP contribution in [0.15, 0.2) is 12.3 Å². The van der Waals surface area contributed by atoms with Crippen LogP contribution in [0.5, 0.6) is 0 Å². The summed E-state index contributed by atoms with van der Waals surface area (Å²) in [5.74, 6) is 1.20. The van der Waals surface area contributed by atoms with Gasteiger partial charge < -0.3 is 15.0 Å². The Hall–Kier alpha value is -2.70. The van der Waals surface area contributed by atoms with Crippen molar-refractivity contribution in [1.82, 2.24) is 30.0 Å². The number of nitriles is 1. The molecule has 0 aliphatic carbocycles. The molecule has 1 atom stereocenters. The van der Waals surface area contributed by atoms with E-state index >= 15 is 0 Å². The normalized spacial score (nSPS) is 19.0. The first-order valence-electron chi connectivity index (χ1n) is 7.71. The predicted octanol–water partition coefficient (Wildman–Crippen LogP) is -0.368. The molecular formula is C15H19N7O2. The van der Waals surface area contributed by atoms with Crippen LogP contribution in [0, 0.1) is 18.3 Å². The fourth-order valence-electron chi connectivity index (χ4n) is 2.80. The van der Waals surface area contributed by atoms with Crippen LogP contribution in [-0.2, 0) is 6.54 Å². The maximum Gasteiger partial charge on any atom is 0.270 e. The summed E-state index contributed by atoms with van der Waals surface area (Å²) >= 11 is 0. The van der Waals surface area contributed by atoms with Crippen LogP contribution in [0.25, 0.3) is 0 Å². The lowest BCUT2D eigenvalue weighted by atomic mass is 10.2. The van der Waals surface area contributed by atoms with Crippen LogP contribution in [0.2, 0.25) is 0 Å². The van der Waals surface area contributed by atoms with Crippen LogP contribution < -0.4 is 0 Å². The maximum absolute atomic E-state index is 12.5. The number of rotatable bonds is 3. The second kappa shape index (κ2) is 6.82. The summed E-state index contributed by atoms with van der Waals surface area (Å²) in [6.07, 6.45) is 0.848. The molecule has 1 aliphatic rings. The van der Waals surface area contributed by atoms with Crippen LogP contribution in [-0.4, -0.2) is 73.3 Å². The number of aromatic amines is 2. The molecule has 0 bridgehead atoms. The van der Waals surface area contributed by atoms with Crippen molar-refractivity contribution in [2.45, 2.75) is 19.6 Å². The van der Waals surface area contributed by atoms with E-state index < -0.39 is 6.10 Å². The standard InChI is InChI=1S/C15H19N7O2/c1-10-18-14(20-19-10)9-21-2-3-22(8-12(23)7-21)15(24)13-4-11(5-16)6-17-13/h4,6,12,17,23H,2-3,7-9H2,1H3,(H,18,19,20)/t12-/m0/s1. The van der Waals surface area contributed by atoms with Gasteiger partial charge in [0, 0.05) is 32.4 Å². The third kappa shape index (κ3) is 3.61. The van der Waals surface area contributed by atoms with Crippen molar-refractivity contribution in [2.24, 2.45) is 0 Å². The summed E-state index contributed by atoms with van der Waals surface area (Å²) in [6.45, 7) is 4.15. The van der Waals surface area contributed by atoms with Crippen molar-refractivity contribution < 1.29 is 9.90 Å². The topological polar surface area (TPSA) is 125 Å². The maximum atomic E-state index is 12.5. The Kier molecular flexibility index (Phi) is 4.59. The molecule has 3 rings (SSSR count). The van der Waals surface area contributed by atoms with Gasteiger partial charge in [0.25, 0.3) is 5.91 Å². The first-order valence-corrected chi connectivity index (χ1v) is 7.71. The zero-order valence-corrected chi connectivity index (χ0v) is 13.4. The summed E-state index contributed by atoms with van der Waals surface area (Å²) < 4.78 is 0. The van der Waals surface area contributed by atoms with E-state index in [0.29, 0.717) is 43.3 Å². The van der Waals surface area contributed by atoms with Gasteiger partial charge in [0.05, 0.1) is 18.2 Å². The van der Waals surface area contributed by atoms with Crippen molar-refractivity contribution in [3.05, 3.63) is 35.2 Å². The molecule has 2 aromatic heterocycles. The van der Waals surface area contributed by atoms with E-state index in [4.69, 9.17) is 5.26 Å². The first-order chi connectivity index (χ1) is 11.5. The quantitative estimate of drug-likeness (QED) is 0.706. The third-order valence-corrected chi connectivity index (χ3v) is 3.92. The molecule has 9 nitrogen and oxygen atoms in total. The summed E-state index contributed by atoms with van der Waals surface area (Å²) in [6, 6.07) is 3.51. The van der Waals surface area contributed by atoms with Crippen LogP contribution in [0.3, 0.4) is 0 Å². The molecule has 126 valence electrons. The molecule has 0 aromatic carbocycles. The number of nitrogens with one attached hydrogen (secondary N) is 2. The summed E-state index contributed by atoms with van der Waals surface area (Å²) in [5.41, 5.74) is 0.770. The van der Waals surface area contributed by atoms with E-state index in [1.54, 1.807) is 4.90 Å².